The Hall–Kier alpha value is -1.55. The number of nitrogens with one attached hydrogen (secondary N) is 1. The topological polar surface area (TPSA) is 47.6 Å². The van der Waals surface area contributed by atoms with Gasteiger partial charge in [0.1, 0.15) is 5.75 Å². The lowest BCUT2D eigenvalue weighted by Gasteiger charge is -2.10. The van der Waals surface area contributed by atoms with Crippen molar-refractivity contribution >= 4 is 5.91 Å². The maximum atomic E-state index is 11.9. The molecule has 0 aliphatic rings. The Balaban J connectivity index is 2.45. The van der Waals surface area contributed by atoms with Crippen molar-refractivity contribution in [3.63, 3.8) is 0 Å². The van der Waals surface area contributed by atoms with Gasteiger partial charge in [0.25, 0.3) is 5.91 Å². The Morgan fingerprint density at radius 1 is 1.22 bits per heavy atom. The van der Waals surface area contributed by atoms with Crippen LogP contribution in [0.15, 0.2) is 24.3 Å². The Morgan fingerprint density at radius 2 is 2.00 bits per heavy atom. The molecule has 1 amide bonds. The number of carbonyl (C=O) groups is 1. The van der Waals surface area contributed by atoms with E-state index in [-0.39, 0.29) is 5.91 Å². The van der Waals surface area contributed by atoms with Gasteiger partial charge < -0.3 is 14.8 Å². The first-order valence-corrected chi connectivity index (χ1v) is 6.37. The molecule has 0 aliphatic heterocycles. The van der Waals surface area contributed by atoms with E-state index < -0.39 is 0 Å². The lowest BCUT2D eigenvalue weighted by atomic mass is 10.2. The zero-order valence-corrected chi connectivity index (χ0v) is 11.1. The van der Waals surface area contributed by atoms with Crippen molar-refractivity contribution < 1.29 is 14.3 Å². The SMILES string of the molecule is CCOCCCNC(=O)c1ccccc1OCC. The van der Waals surface area contributed by atoms with Crippen molar-refractivity contribution in [2.75, 3.05) is 26.4 Å². The number of hydrogen-bond acceptors (Lipinski definition) is 3. The molecule has 1 rings (SSSR count). The van der Waals surface area contributed by atoms with E-state index in [1.165, 1.54) is 0 Å². The van der Waals surface area contributed by atoms with Gasteiger partial charge in [-0.2, -0.15) is 0 Å². The van der Waals surface area contributed by atoms with Crippen LogP contribution in [0.4, 0.5) is 0 Å². The van der Waals surface area contributed by atoms with Gasteiger partial charge in [-0.15, -0.1) is 0 Å². The molecule has 0 saturated heterocycles. The number of ether oxygens (including phenoxy) is 2. The maximum Gasteiger partial charge on any atom is 0.255 e. The van der Waals surface area contributed by atoms with Gasteiger partial charge in [-0.05, 0) is 32.4 Å². The molecule has 0 heterocycles. The van der Waals surface area contributed by atoms with Crippen LogP contribution in [0.3, 0.4) is 0 Å². The highest BCUT2D eigenvalue weighted by Gasteiger charge is 2.10. The van der Waals surface area contributed by atoms with E-state index in [0.717, 1.165) is 6.42 Å². The summed E-state index contributed by atoms with van der Waals surface area (Å²) < 4.78 is 10.6. The molecule has 0 spiro atoms. The summed E-state index contributed by atoms with van der Waals surface area (Å²) >= 11 is 0. The molecule has 18 heavy (non-hydrogen) atoms. The van der Waals surface area contributed by atoms with Gasteiger partial charge in [0.15, 0.2) is 0 Å². The molecule has 0 saturated carbocycles. The summed E-state index contributed by atoms with van der Waals surface area (Å²) in [5.41, 5.74) is 0.579. The predicted octanol–water partition coefficient (Wildman–Crippen LogP) is 2.24. The van der Waals surface area contributed by atoms with Gasteiger partial charge in [0, 0.05) is 19.8 Å². The lowest BCUT2D eigenvalue weighted by molar-refractivity contribution is 0.0940. The zero-order chi connectivity index (χ0) is 13.2. The van der Waals surface area contributed by atoms with E-state index in [0.29, 0.717) is 37.7 Å². The molecule has 0 aliphatic carbocycles. The van der Waals surface area contributed by atoms with Crippen LogP contribution in [-0.2, 0) is 4.74 Å². The van der Waals surface area contributed by atoms with Crippen molar-refractivity contribution in [1.82, 2.24) is 5.32 Å². The Labute approximate surface area is 108 Å². The maximum absolute atomic E-state index is 11.9. The van der Waals surface area contributed by atoms with Crippen molar-refractivity contribution in [3.05, 3.63) is 29.8 Å². The fourth-order valence-electron chi connectivity index (χ4n) is 1.55. The molecule has 0 atom stereocenters. The minimum atomic E-state index is -0.101. The van der Waals surface area contributed by atoms with Gasteiger partial charge in [0.2, 0.25) is 0 Å². The van der Waals surface area contributed by atoms with E-state index >= 15 is 0 Å². The van der Waals surface area contributed by atoms with E-state index in [2.05, 4.69) is 5.32 Å². The quantitative estimate of drug-likeness (QED) is 0.721. The highest BCUT2D eigenvalue weighted by molar-refractivity contribution is 5.96. The van der Waals surface area contributed by atoms with Gasteiger partial charge in [-0.25, -0.2) is 0 Å². The van der Waals surface area contributed by atoms with Crippen LogP contribution < -0.4 is 10.1 Å². The van der Waals surface area contributed by atoms with Gasteiger partial charge in [-0.3, -0.25) is 4.79 Å². The molecule has 0 unspecified atom stereocenters. The highest BCUT2D eigenvalue weighted by Crippen LogP contribution is 2.17. The van der Waals surface area contributed by atoms with Gasteiger partial charge >= 0.3 is 0 Å². The molecule has 100 valence electrons. The van der Waals surface area contributed by atoms with Crippen LogP contribution in [0.2, 0.25) is 0 Å². The third-order valence-electron chi connectivity index (χ3n) is 2.39. The molecule has 0 bridgehead atoms. The monoisotopic (exact) mass is 251 g/mol. The number of hydrogen-bond donors (Lipinski definition) is 1. The molecule has 1 N–H and O–H groups in total. The molecule has 4 heteroatoms. The molecule has 0 fully saturated rings. The van der Waals surface area contributed by atoms with E-state index in [1.807, 2.05) is 26.0 Å². The standard InChI is InChI=1S/C14H21NO3/c1-3-17-11-7-10-15-14(16)12-8-5-6-9-13(12)18-4-2/h5-6,8-9H,3-4,7,10-11H2,1-2H3,(H,15,16). The average molecular weight is 251 g/mol. The lowest BCUT2D eigenvalue weighted by Crippen LogP contribution is -2.25. The highest BCUT2D eigenvalue weighted by atomic mass is 16.5. The van der Waals surface area contributed by atoms with E-state index in [1.54, 1.807) is 12.1 Å². The summed E-state index contributed by atoms with van der Waals surface area (Å²) in [5, 5.41) is 2.86. The summed E-state index contributed by atoms with van der Waals surface area (Å²) in [7, 11) is 0. The Bertz CT molecular complexity index is 366. The van der Waals surface area contributed by atoms with Crippen LogP contribution in [0, 0.1) is 0 Å². The third-order valence-corrected chi connectivity index (χ3v) is 2.39. The summed E-state index contributed by atoms with van der Waals surface area (Å²) in [5.74, 6) is 0.526. The number of rotatable bonds is 8. The summed E-state index contributed by atoms with van der Waals surface area (Å²) in [4.78, 5) is 11.9. The molecule has 0 radical (unpaired) electrons. The van der Waals surface area contributed by atoms with Crippen molar-refractivity contribution in [1.29, 1.82) is 0 Å². The number of benzene rings is 1. The normalized spacial score (nSPS) is 10.1. The first kappa shape index (κ1) is 14.5. The summed E-state index contributed by atoms with van der Waals surface area (Å²) in [6.07, 6.45) is 0.816. The van der Waals surface area contributed by atoms with Crippen LogP contribution in [0.25, 0.3) is 0 Å². The molecule has 1 aromatic rings. The second kappa shape index (κ2) is 8.53. The van der Waals surface area contributed by atoms with Crippen molar-refractivity contribution in [3.8, 4) is 5.75 Å². The van der Waals surface area contributed by atoms with Gasteiger partial charge in [0.05, 0.1) is 12.2 Å². The van der Waals surface area contributed by atoms with E-state index in [4.69, 9.17) is 9.47 Å². The fraction of sp³-hybridized carbons (Fsp3) is 0.500. The fourth-order valence-corrected chi connectivity index (χ4v) is 1.55. The zero-order valence-electron chi connectivity index (χ0n) is 11.1. The second-order valence-electron chi connectivity index (χ2n) is 3.74. The number of para-hydroxylation sites is 1. The van der Waals surface area contributed by atoms with Crippen molar-refractivity contribution in [2.45, 2.75) is 20.3 Å². The smallest absolute Gasteiger partial charge is 0.255 e. The van der Waals surface area contributed by atoms with Crippen LogP contribution in [-0.4, -0.2) is 32.3 Å². The Kier molecular flexibility index (Phi) is 6.87. The predicted molar refractivity (Wildman–Crippen MR) is 71.1 cm³/mol. The van der Waals surface area contributed by atoms with E-state index in [9.17, 15) is 4.79 Å². The minimum absolute atomic E-state index is 0.101. The summed E-state index contributed by atoms with van der Waals surface area (Å²) in [6.45, 7) is 6.40. The molecule has 0 aromatic heterocycles. The second-order valence-corrected chi connectivity index (χ2v) is 3.74. The number of amides is 1. The van der Waals surface area contributed by atoms with Crippen LogP contribution in [0.1, 0.15) is 30.6 Å². The minimum Gasteiger partial charge on any atom is -0.493 e. The first-order valence-electron chi connectivity index (χ1n) is 6.37. The van der Waals surface area contributed by atoms with Crippen molar-refractivity contribution in [2.24, 2.45) is 0 Å². The first-order chi connectivity index (χ1) is 8.79. The average Bonchev–Trinajstić information content (AvgIpc) is 2.39. The largest absolute Gasteiger partial charge is 0.493 e. The molecular weight excluding hydrogens is 230 g/mol. The number of carbonyl (C=O) groups excluding carboxylic acids is 1. The van der Waals surface area contributed by atoms with Crippen LogP contribution >= 0.6 is 0 Å². The van der Waals surface area contributed by atoms with Gasteiger partial charge in [-0.1, -0.05) is 12.1 Å². The molecular formula is C14H21NO3. The third kappa shape index (κ3) is 4.75. The Morgan fingerprint density at radius 3 is 2.72 bits per heavy atom. The molecule has 4 nitrogen and oxygen atoms in total. The van der Waals surface area contributed by atoms with Crippen LogP contribution in [0.5, 0.6) is 5.75 Å². The molecule has 1 aromatic carbocycles. The summed E-state index contributed by atoms with van der Waals surface area (Å²) in [6, 6.07) is 7.26.